The summed E-state index contributed by atoms with van der Waals surface area (Å²) in [6.45, 7) is 2.51. The van der Waals surface area contributed by atoms with Crippen molar-refractivity contribution in [3.63, 3.8) is 0 Å². The topological polar surface area (TPSA) is 71.2 Å². The van der Waals surface area contributed by atoms with E-state index in [-0.39, 0.29) is 17.5 Å². The van der Waals surface area contributed by atoms with Crippen LogP contribution in [0.3, 0.4) is 0 Å². The van der Waals surface area contributed by atoms with Crippen LogP contribution in [0.2, 0.25) is 0 Å². The van der Waals surface area contributed by atoms with E-state index in [0.717, 1.165) is 25.0 Å². The molecule has 2 N–H and O–H groups in total. The van der Waals surface area contributed by atoms with E-state index in [1.54, 1.807) is 12.1 Å². The third-order valence-electron chi connectivity index (χ3n) is 4.31. The average molecular weight is 344 g/mol. The first-order valence-electron chi connectivity index (χ1n) is 8.53. The number of rotatable bonds is 6. The van der Waals surface area contributed by atoms with Gasteiger partial charge in [0.25, 0.3) is 5.91 Å². The summed E-state index contributed by atoms with van der Waals surface area (Å²) in [5, 5.41) is 2.61. The lowest BCUT2D eigenvalue weighted by atomic mass is 10.1. The van der Waals surface area contributed by atoms with Crippen molar-refractivity contribution in [3.05, 3.63) is 62.8 Å². The van der Waals surface area contributed by atoms with Crippen LogP contribution in [0.4, 0.5) is 4.39 Å². The molecule has 132 valence electrons. The quantitative estimate of drug-likeness (QED) is 0.846. The van der Waals surface area contributed by atoms with Gasteiger partial charge in [0.2, 0.25) is 0 Å². The summed E-state index contributed by atoms with van der Waals surface area (Å²) in [6.07, 6.45) is 4.74. The molecule has 0 saturated heterocycles. The zero-order chi connectivity index (χ0) is 17.8. The maximum atomic E-state index is 14.1. The van der Waals surface area contributed by atoms with Gasteiger partial charge < -0.3 is 15.0 Å². The standard InChI is InChI=1S/C19H21FN2O3/c1-2-8-25-13-7-6-12(16(20)9-13)10-22-19(24)15-11-21-17-5-3-4-14(17)18(15)23/h6-7,9,11H,2-5,8,10H2,1H3,(H,21,23)(H,22,24). The van der Waals surface area contributed by atoms with Crippen LogP contribution in [0.25, 0.3) is 0 Å². The minimum absolute atomic E-state index is 0.00918. The molecule has 6 heteroatoms. The lowest BCUT2D eigenvalue weighted by molar-refractivity contribution is 0.0949. The number of hydrogen-bond acceptors (Lipinski definition) is 3. The molecule has 2 aromatic rings. The Labute approximate surface area is 145 Å². The maximum Gasteiger partial charge on any atom is 0.257 e. The van der Waals surface area contributed by atoms with Crippen molar-refractivity contribution in [2.75, 3.05) is 6.61 Å². The molecule has 0 fully saturated rings. The normalized spacial score (nSPS) is 12.7. The number of aromatic amines is 1. The lowest BCUT2D eigenvalue weighted by Gasteiger charge is -2.09. The summed E-state index contributed by atoms with van der Waals surface area (Å²) < 4.78 is 19.5. The van der Waals surface area contributed by atoms with Gasteiger partial charge in [0.15, 0.2) is 5.43 Å². The SMILES string of the molecule is CCCOc1ccc(CNC(=O)c2c[nH]c3c(c2=O)CCC3)c(F)c1. The number of fused-ring (bicyclic) bond motifs is 1. The molecule has 0 saturated carbocycles. The summed E-state index contributed by atoms with van der Waals surface area (Å²) in [7, 11) is 0. The van der Waals surface area contributed by atoms with E-state index in [0.29, 0.717) is 29.9 Å². The minimum atomic E-state index is -0.498. The van der Waals surface area contributed by atoms with Gasteiger partial charge in [-0.3, -0.25) is 9.59 Å². The number of amides is 1. The largest absolute Gasteiger partial charge is 0.494 e. The summed E-state index contributed by atoms with van der Waals surface area (Å²) >= 11 is 0. The maximum absolute atomic E-state index is 14.1. The Kier molecular flexibility index (Phi) is 5.16. The third kappa shape index (κ3) is 3.73. The highest BCUT2D eigenvalue weighted by molar-refractivity contribution is 5.94. The summed E-state index contributed by atoms with van der Waals surface area (Å²) in [4.78, 5) is 27.7. The second-order valence-electron chi connectivity index (χ2n) is 6.13. The van der Waals surface area contributed by atoms with Gasteiger partial charge in [0.05, 0.1) is 6.61 Å². The molecule has 1 aliphatic carbocycles. The van der Waals surface area contributed by atoms with Crippen molar-refractivity contribution in [1.82, 2.24) is 10.3 Å². The number of hydrogen-bond donors (Lipinski definition) is 2. The van der Waals surface area contributed by atoms with Crippen LogP contribution in [0.15, 0.2) is 29.2 Å². The van der Waals surface area contributed by atoms with Gasteiger partial charge in [-0.05, 0) is 31.7 Å². The van der Waals surface area contributed by atoms with Crippen molar-refractivity contribution in [3.8, 4) is 5.75 Å². The van der Waals surface area contributed by atoms with Crippen molar-refractivity contribution in [2.45, 2.75) is 39.2 Å². The van der Waals surface area contributed by atoms with Crippen LogP contribution in [-0.2, 0) is 19.4 Å². The molecule has 0 spiro atoms. The van der Waals surface area contributed by atoms with Crippen LogP contribution in [-0.4, -0.2) is 17.5 Å². The first-order valence-corrected chi connectivity index (χ1v) is 8.53. The predicted molar refractivity (Wildman–Crippen MR) is 92.4 cm³/mol. The molecular formula is C19H21FN2O3. The summed E-state index contributed by atoms with van der Waals surface area (Å²) in [5.74, 6) is -0.483. The number of ether oxygens (including phenoxy) is 1. The smallest absolute Gasteiger partial charge is 0.257 e. The van der Waals surface area contributed by atoms with Gasteiger partial charge >= 0.3 is 0 Å². The average Bonchev–Trinajstić information content (AvgIpc) is 3.09. The Hall–Kier alpha value is -2.63. The second kappa shape index (κ2) is 7.51. The van der Waals surface area contributed by atoms with Gasteiger partial charge in [-0.25, -0.2) is 4.39 Å². The van der Waals surface area contributed by atoms with Crippen LogP contribution >= 0.6 is 0 Å². The number of carbonyl (C=O) groups is 1. The van der Waals surface area contributed by atoms with Gasteiger partial charge in [-0.1, -0.05) is 13.0 Å². The molecule has 0 aliphatic heterocycles. The second-order valence-corrected chi connectivity index (χ2v) is 6.13. The van der Waals surface area contributed by atoms with E-state index in [1.165, 1.54) is 12.3 Å². The van der Waals surface area contributed by atoms with E-state index in [2.05, 4.69) is 10.3 Å². The summed E-state index contributed by atoms with van der Waals surface area (Å²) in [6, 6.07) is 4.55. The molecule has 1 aliphatic rings. The Morgan fingerprint density at radius 3 is 2.96 bits per heavy atom. The van der Waals surface area contributed by atoms with Crippen LogP contribution < -0.4 is 15.5 Å². The first-order chi connectivity index (χ1) is 12.1. The number of nitrogens with one attached hydrogen (secondary N) is 2. The summed E-state index contributed by atoms with van der Waals surface area (Å²) in [5.41, 5.74) is 1.79. The fourth-order valence-corrected chi connectivity index (χ4v) is 2.96. The predicted octanol–water partition coefficient (Wildman–Crippen LogP) is 2.72. The molecule has 0 unspecified atom stereocenters. The first kappa shape index (κ1) is 17.2. The number of aromatic nitrogens is 1. The van der Waals surface area contributed by atoms with E-state index < -0.39 is 11.7 Å². The van der Waals surface area contributed by atoms with Gasteiger partial charge in [-0.15, -0.1) is 0 Å². The molecule has 25 heavy (non-hydrogen) atoms. The van der Waals surface area contributed by atoms with Gasteiger partial charge in [0, 0.05) is 35.6 Å². The number of aryl methyl sites for hydroxylation is 1. The van der Waals surface area contributed by atoms with Crippen molar-refractivity contribution >= 4 is 5.91 Å². The molecule has 1 amide bonds. The van der Waals surface area contributed by atoms with Crippen molar-refractivity contribution < 1.29 is 13.9 Å². The Bertz CT molecular complexity index is 845. The molecule has 1 aromatic carbocycles. The molecule has 1 heterocycles. The minimum Gasteiger partial charge on any atom is -0.494 e. The Balaban J connectivity index is 1.68. The highest BCUT2D eigenvalue weighted by Gasteiger charge is 2.20. The lowest BCUT2D eigenvalue weighted by Crippen LogP contribution is -2.30. The van der Waals surface area contributed by atoms with Gasteiger partial charge in [-0.2, -0.15) is 0 Å². The molecule has 0 atom stereocenters. The zero-order valence-corrected chi connectivity index (χ0v) is 14.2. The van der Waals surface area contributed by atoms with Crippen molar-refractivity contribution in [2.24, 2.45) is 0 Å². The van der Waals surface area contributed by atoms with Crippen molar-refractivity contribution in [1.29, 1.82) is 0 Å². The van der Waals surface area contributed by atoms with Crippen LogP contribution in [0, 0.1) is 5.82 Å². The van der Waals surface area contributed by atoms with Crippen LogP contribution in [0.1, 0.15) is 46.9 Å². The fourth-order valence-electron chi connectivity index (χ4n) is 2.96. The number of carbonyl (C=O) groups excluding carboxylic acids is 1. The molecule has 5 nitrogen and oxygen atoms in total. The number of pyridine rings is 1. The van der Waals surface area contributed by atoms with E-state index >= 15 is 0 Å². The zero-order valence-electron chi connectivity index (χ0n) is 14.2. The number of benzene rings is 1. The fraction of sp³-hybridized carbons (Fsp3) is 0.368. The monoisotopic (exact) mass is 344 g/mol. The Morgan fingerprint density at radius 2 is 2.20 bits per heavy atom. The van der Waals surface area contributed by atoms with Crippen LogP contribution in [0.5, 0.6) is 5.75 Å². The number of H-pyrrole nitrogens is 1. The molecule has 1 aromatic heterocycles. The number of halogens is 1. The van der Waals surface area contributed by atoms with Gasteiger partial charge in [0.1, 0.15) is 17.1 Å². The van der Waals surface area contributed by atoms with E-state index in [4.69, 9.17) is 4.74 Å². The molecule has 3 rings (SSSR count). The molecule has 0 radical (unpaired) electrons. The van der Waals surface area contributed by atoms with E-state index in [9.17, 15) is 14.0 Å². The highest BCUT2D eigenvalue weighted by Crippen LogP contribution is 2.18. The highest BCUT2D eigenvalue weighted by atomic mass is 19.1. The Morgan fingerprint density at radius 1 is 1.36 bits per heavy atom. The third-order valence-corrected chi connectivity index (χ3v) is 4.31. The van der Waals surface area contributed by atoms with E-state index in [1.807, 2.05) is 6.92 Å². The molecular weight excluding hydrogens is 323 g/mol. The molecule has 0 bridgehead atoms.